The summed E-state index contributed by atoms with van der Waals surface area (Å²) in [4.78, 5) is 0. The van der Waals surface area contributed by atoms with Crippen LogP contribution < -0.4 is 0 Å². The molecule has 23 heavy (non-hydrogen) atoms. The van der Waals surface area contributed by atoms with E-state index in [1.54, 1.807) is 18.2 Å². The van der Waals surface area contributed by atoms with Gasteiger partial charge >= 0.3 is 0 Å². The van der Waals surface area contributed by atoms with Crippen LogP contribution in [-0.2, 0) is 0 Å². The molecule has 4 aromatic carbocycles. The summed E-state index contributed by atoms with van der Waals surface area (Å²) in [5.41, 5.74) is 0. The highest BCUT2D eigenvalue weighted by Gasteiger charge is 2.03. The van der Waals surface area contributed by atoms with Gasteiger partial charge in [0.15, 0.2) is 0 Å². The highest BCUT2D eigenvalue weighted by atomic mass is 35.5. The molecule has 3 heteroatoms. The average Bonchev–Trinajstić information content (AvgIpc) is 2.55. The molecule has 0 aromatic heterocycles. The average molecular weight is 327 g/mol. The third-order valence-electron chi connectivity index (χ3n) is 3.48. The van der Waals surface area contributed by atoms with Crippen molar-refractivity contribution in [2.75, 3.05) is 0 Å². The molecule has 0 bridgehead atoms. The minimum Gasteiger partial charge on any atom is -0.207 e. The van der Waals surface area contributed by atoms with Crippen molar-refractivity contribution in [3.05, 3.63) is 95.5 Å². The van der Waals surface area contributed by atoms with Crippen LogP contribution in [0.4, 0.5) is 8.78 Å². The van der Waals surface area contributed by atoms with E-state index in [1.165, 1.54) is 18.2 Å². The summed E-state index contributed by atoms with van der Waals surface area (Å²) < 4.78 is 26.6. The third-order valence-corrected chi connectivity index (χ3v) is 3.73. The van der Waals surface area contributed by atoms with Gasteiger partial charge in [-0.1, -0.05) is 48.0 Å². The normalized spacial score (nSPS) is 10.4. The van der Waals surface area contributed by atoms with Gasteiger partial charge in [0.25, 0.3) is 0 Å². The van der Waals surface area contributed by atoms with Crippen LogP contribution in [0.25, 0.3) is 21.5 Å². The summed E-state index contributed by atoms with van der Waals surface area (Å²) in [6.45, 7) is 0. The fourth-order valence-corrected chi connectivity index (χ4v) is 2.52. The van der Waals surface area contributed by atoms with Gasteiger partial charge in [0.05, 0.1) is 0 Å². The van der Waals surface area contributed by atoms with Crippen LogP contribution in [0.5, 0.6) is 0 Å². The van der Waals surface area contributed by atoms with Crippen LogP contribution in [0, 0.1) is 11.6 Å². The Morgan fingerprint density at radius 1 is 0.609 bits per heavy atom. The fourth-order valence-electron chi connectivity index (χ4n) is 2.37. The zero-order valence-corrected chi connectivity index (χ0v) is 12.9. The first-order valence-corrected chi connectivity index (χ1v) is 7.49. The first-order chi connectivity index (χ1) is 11.1. The van der Waals surface area contributed by atoms with Crippen LogP contribution in [0.2, 0.25) is 5.02 Å². The predicted octanol–water partition coefficient (Wildman–Crippen LogP) is 6.61. The molecule has 114 valence electrons. The maximum atomic E-state index is 13.5. The Hall–Kier alpha value is -2.45. The molecule has 0 N–H and O–H groups in total. The molecule has 4 aromatic rings. The lowest BCUT2D eigenvalue weighted by Gasteiger charge is -2.03. The summed E-state index contributed by atoms with van der Waals surface area (Å²) >= 11 is 5.54. The fraction of sp³-hybridized carbons (Fsp3) is 0. The van der Waals surface area contributed by atoms with Gasteiger partial charge in [-0.2, -0.15) is 0 Å². The number of fused-ring (bicyclic) bond motifs is 2. The lowest BCUT2D eigenvalue weighted by atomic mass is 10.0. The number of halogens is 3. The quantitative estimate of drug-likeness (QED) is 0.319. The smallest absolute Gasteiger partial charge is 0.131 e. The minimum absolute atomic E-state index is 0.274. The van der Waals surface area contributed by atoms with Crippen molar-refractivity contribution in [3.63, 3.8) is 0 Å². The first kappa shape index (κ1) is 15.4. The zero-order chi connectivity index (χ0) is 16.2. The van der Waals surface area contributed by atoms with E-state index in [2.05, 4.69) is 0 Å². The highest BCUT2D eigenvalue weighted by molar-refractivity contribution is 6.30. The molecule has 0 atom stereocenters. The minimum atomic E-state index is -0.303. The van der Waals surface area contributed by atoms with E-state index in [9.17, 15) is 8.78 Å². The molecule has 0 aliphatic carbocycles. The molecule has 0 spiro atoms. The molecule has 0 saturated heterocycles. The van der Waals surface area contributed by atoms with Crippen LogP contribution in [0.15, 0.2) is 78.9 Å². The summed E-state index contributed by atoms with van der Waals surface area (Å²) in [6.07, 6.45) is 0. The number of rotatable bonds is 0. The van der Waals surface area contributed by atoms with Gasteiger partial charge in [0.1, 0.15) is 11.6 Å². The predicted molar refractivity (Wildman–Crippen MR) is 92.8 cm³/mol. The standard InChI is InChI=1S/C14H8F2.C6H5Cl/c15-12-5-4-9-6-10-2-1-3-14(16)13(10)8-11(9)7-12;7-6-4-2-1-3-5-6/h1-8H;1-5H. The van der Waals surface area contributed by atoms with E-state index >= 15 is 0 Å². The van der Waals surface area contributed by atoms with Gasteiger partial charge in [0, 0.05) is 10.4 Å². The van der Waals surface area contributed by atoms with Gasteiger partial charge in [-0.3, -0.25) is 0 Å². The van der Waals surface area contributed by atoms with Gasteiger partial charge < -0.3 is 0 Å². The Morgan fingerprint density at radius 3 is 2.09 bits per heavy atom. The highest BCUT2D eigenvalue weighted by Crippen LogP contribution is 2.25. The van der Waals surface area contributed by atoms with Crippen LogP contribution in [0.3, 0.4) is 0 Å². The molecule has 4 rings (SSSR count). The Bertz CT molecular complexity index is 949. The van der Waals surface area contributed by atoms with Crippen molar-refractivity contribution in [3.8, 4) is 0 Å². The molecular formula is C20H13ClF2. The van der Waals surface area contributed by atoms with E-state index in [-0.39, 0.29) is 11.6 Å². The van der Waals surface area contributed by atoms with Crippen LogP contribution in [-0.4, -0.2) is 0 Å². The van der Waals surface area contributed by atoms with Crippen LogP contribution >= 0.6 is 11.6 Å². The van der Waals surface area contributed by atoms with Crippen molar-refractivity contribution in [2.45, 2.75) is 0 Å². The Balaban J connectivity index is 0.000000188. The molecule has 0 amide bonds. The lowest BCUT2D eigenvalue weighted by Crippen LogP contribution is -1.81. The Morgan fingerprint density at radius 2 is 1.39 bits per heavy atom. The molecular weight excluding hydrogens is 314 g/mol. The van der Waals surface area contributed by atoms with Crippen molar-refractivity contribution in [1.82, 2.24) is 0 Å². The monoisotopic (exact) mass is 326 g/mol. The van der Waals surface area contributed by atoms with Crippen molar-refractivity contribution >= 4 is 33.1 Å². The van der Waals surface area contributed by atoms with E-state index in [0.29, 0.717) is 5.39 Å². The van der Waals surface area contributed by atoms with Crippen molar-refractivity contribution in [1.29, 1.82) is 0 Å². The second kappa shape index (κ2) is 6.76. The number of benzene rings is 4. The third kappa shape index (κ3) is 3.66. The van der Waals surface area contributed by atoms with Gasteiger partial charge in [-0.05, 0) is 58.6 Å². The molecule has 0 fully saturated rings. The van der Waals surface area contributed by atoms with E-state index in [1.807, 2.05) is 42.5 Å². The molecule has 0 aliphatic heterocycles. The second-order valence-electron chi connectivity index (χ2n) is 5.10. The zero-order valence-electron chi connectivity index (χ0n) is 12.1. The molecule has 0 saturated carbocycles. The molecule has 0 nitrogen and oxygen atoms in total. The van der Waals surface area contributed by atoms with E-state index < -0.39 is 0 Å². The van der Waals surface area contributed by atoms with Gasteiger partial charge in [0.2, 0.25) is 0 Å². The topological polar surface area (TPSA) is 0 Å². The lowest BCUT2D eigenvalue weighted by molar-refractivity contribution is 0.629. The van der Waals surface area contributed by atoms with Gasteiger partial charge in [-0.25, -0.2) is 8.78 Å². The maximum Gasteiger partial charge on any atom is 0.131 e. The van der Waals surface area contributed by atoms with E-state index in [4.69, 9.17) is 11.6 Å². The summed E-state index contributed by atoms with van der Waals surface area (Å²) in [7, 11) is 0. The Labute approximate surface area is 137 Å². The second-order valence-corrected chi connectivity index (χ2v) is 5.54. The number of hydrogen-bond donors (Lipinski definition) is 0. The first-order valence-electron chi connectivity index (χ1n) is 7.11. The number of hydrogen-bond acceptors (Lipinski definition) is 0. The molecule has 0 unspecified atom stereocenters. The SMILES string of the molecule is Clc1ccccc1.Fc1ccc2cc3cccc(F)c3cc2c1. The molecule has 0 heterocycles. The van der Waals surface area contributed by atoms with Crippen molar-refractivity contribution in [2.24, 2.45) is 0 Å². The van der Waals surface area contributed by atoms with E-state index in [0.717, 1.165) is 21.2 Å². The van der Waals surface area contributed by atoms with Crippen molar-refractivity contribution < 1.29 is 8.78 Å². The maximum absolute atomic E-state index is 13.5. The Kier molecular flexibility index (Phi) is 4.54. The van der Waals surface area contributed by atoms with Crippen LogP contribution in [0.1, 0.15) is 0 Å². The molecule has 0 aliphatic rings. The summed E-state index contributed by atoms with van der Waals surface area (Å²) in [5, 5.41) is 3.79. The largest absolute Gasteiger partial charge is 0.207 e. The summed E-state index contributed by atoms with van der Waals surface area (Å²) in [6, 6.07) is 22.5. The molecule has 0 radical (unpaired) electrons. The van der Waals surface area contributed by atoms with Gasteiger partial charge in [-0.15, -0.1) is 0 Å². The summed E-state index contributed by atoms with van der Waals surface area (Å²) in [5.74, 6) is -0.577.